The molecule has 3 nitrogen and oxygen atoms in total. The predicted molar refractivity (Wildman–Crippen MR) is 65.1 cm³/mol. The minimum atomic E-state index is -0.281. The maximum absolute atomic E-state index is 12.1. The minimum Gasteiger partial charge on any atom is -0.490 e. The smallest absolute Gasteiger partial charge is 0.137 e. The van der Waals surface area contributed by atoms with E-state index in [1.165, 1.54) is 12.8 Å². The SMILES string of the molecule is [18F]CCCc1cncc(OC[C@@H]2CCCN2)c1. The fourth-order valence-electron chi connectivity index (χ4n) is 2.05. The predicted octanol–water partition coefficient (Wildman–Crippen LogP) is 2.11. The van der Waals surface area contributed by atoms with Crippen LogP contribution in [0.15, 0.2) is 18.5 Å². The van der Waals surface area contributed by atoms with Gasteiger partial charge in [-0.05, 0) is 43.9 Å². The molecule has 1 fully saturated rings. The van der Waals surface area contributed by atoms with Gasteiger partial charge in [-0.1, -0.05) is 0 Å². The van der Waals surface area contributed by atoms with Crippen molar-refractivity contribution in [3.05, 3.63) is 24.0 Å². The number of halogens is 1. The zero-order valence-electron chi connectivity index (χ0n) is 9.99. The van der Waals surface area contributed by atoms with Crippen LogP contribution in [0.2, 0.25) is 0 Å². The molecule has 1 atom stereocenters. The molecule has 94 valence electrons. The molecule has 17 heavy (non-hydrogen) atoms. The molecule has 2 rings (SSSR count). The Balaban J connectivity index is 1.82. The summed E-state index contributed by atoms with van der Waals surface area (Å²) in [7, 11) is 0. The van der Waals surface area contributed by atoms with E-state index in [2.05, 4.69) is 10.3 Å². The summed E-state index contributed by atoms with van der Waals surface area (Å²) in [6.45, 7) is 1.49. The van der Waals surface area contributed by atoms with E-state index in [1.54, 1.807) is 12.4 Å². The molecule has 0 bridgehead atoms. The van der Waals surface area contributed by atoms with Crippen LogP contribution in [-0.2, 0) is 6.42 Å². The Morgan fingerprint density at radius 2 is 2.41 bits per heavy atom. The topological polar surface area (TPSA) is 34.1 Å². The average Bonchev–Trinajstić information content (AvgIpc) is 2.87. The van der Waals surface area contributed by atoms with E-state index in [0.717, 1.165) is 24.3 Å². The Labute approximate surface area is 101 Å². The maximum Gasteiger partial charge on any atom is 0.137 e. The van der Waals surface area contributed by atoms with Gasteiger partial charge in [0.25, 0.3) is 0 Å². The molecule has 1 aliphatic heterocycles. The van der Waals surface area contributed by atoms with E-state index in [0.29, 0.717) is 19.1 Å². The van der Waals surface area contributed by atoms with Gasteiger partial charge < -0.3 is 10.1 Å². The summed E-state index contributed by atoms with van der Waals surface area (Å²) in [5.41, 5.74) is 1.04. The molecule has 1 aromatic heterocycles. The normalized spacial score (nSPS) is 19.5. The Morgan fingerprint density at radius 1 is 1.47 bits per heavy atom. The molecule has 4 heteroatoms. The molecule has 0 spiro atoms. The van der Waals surface area contributed by atoms with Gasteiger partial charge in [-0.15, -0.1) is 0 Å². The van der Waals surface area contributed by atoms with Gasteiger partial charge in [0.05, 0.1) is 12.9 Å². The first kappa shape index (κ1) is 12.3. The van der Waals surface area contributed by atoms with Gasteiger partial charge in [-0.3, -0.25) is 9.37 Å². The lowest BCUT2D eigenvalue weighted by atomic mass is 10.2. The Hall–Kier alpha value is -1.16. The number of hydrogen-bond donors (Lipinski definition) is 1. The van der Waals surface area contributed by atoms with Crippen LogP contribution >= 0.6 is 0 Å². The van der Waals surface area contributed by atoms with Crippen LogP contribution in [0.1, 0.15) is 24.8 Å². The standard InChI is InChI=1S/C13H19FN2O/c14-5-1-3-11-7-13(9-15-8-11)17-10-12-4-2-6-16-12/h7-9,12,16H,1-6,10H2/t12-/m0/s1/i14-1. The third-order valence-corrected chi connectivity index (χ3v) is 2.98. The zero-order chi connectivity index (χ0) is 11.9. The Bertz CT molecular complexity index is 340. The van der Waals surface area contributed by atoms with Crippen molar-refractivity contribution in [1.29, 1.82) is 0 Å². The molecular formula is C13H19FN2O. The second-order valence-electron chi connectivity index (χ2n) is 4.43. The number of aryl methyl sites for hydroxylation is 1. The minimum absolute atomic E-state index is 0.281. The second kappa shape index (κ2) is 6.55. The number of pyridine rings is 1. The number of alkyl halides is 1. The van der Waals surface area contributed by atoms with E-state index < -0.39 is 0 Å². The summed E-state index contributed by atoms with van der Waals surface area (Å²) in [6.07, 6.45) is 7.17. The molecule has 2 heterocycles. The molecule has 1 aliphatic rings. The number of aromatic nitrogens is 1. The van der Waals surface area contributed by atoms with Crippen molar-refractivity contribution < 1.29 is 9.13 Å². The van der Waals surface area contributed by atoms with Crippen molar-refractivity contribution in [2.75, 3.05) is 19.8 Å². The highest BCUT2D eigenvalue weighted by Crippen LogP contribution is 2.14. The highest BCUT2D eigenvalue weighted by molar-refractivity contribution is 5.23. The van der Waals surface area contributed by atoms with Crippen LogP contribution in [0.3, 0.4) is 0 Å². The van der Waals surface area contributed by atoms with Crippen molar-refractivity contribution >= 4 is 0 Å². The summed E-state index contributed by atoms with van der Waals surface area (Å²) in [5, 5.41) is 3.38. The third-order valence-electron chi connectivity index (χ3n) is 2.98. The van der Waals surface area contributed by atoms with Gasteiger partial charge in [0, 0.05) is 12.2 Å². The van der Waals surface area contributed by atoms with E-state index in [9.17, 15) is 4.39 Å². The number of nitrogens with one attached hydrogen (secondary N) is 1. The summed E-state index contributed by atoms with van der Waals surface area (Å²) >= 11 is 0. The first-order chi connectivity index (χ1) is 8.38. The van der Waals surface area contributed by atoms with Crippen molar-refractivity contribution in [3.8, 4) is 5.75 Å². The molecule has 0 aliphatic carbocycles. The van der Waals surface area contributed by atoms with Crippen molar-refractivity contribution in [3.63, 3.8) is 0 Å². The maximum atomic E-state index is 12.1. The Morgan fingerprint density at radius 3 is 3.18 bits per heavy atom. The van der Waals surface area contributed by atoms with Crippen molar-refractivity contribution in [2.24, 2.45) is 0 Å². The monoisotopic (exact) mass is 237 g/mol. The fourth-order valence-corrected chi connectivity index (χ4v) is 2.05. The molecule has 1 aromatic rings. The molecule has 0 radical (unpaired) electrons. The summed E-state index contributed by atoms with van der Waals surface area (Å²) in [5.74, 6) is 0.787. The molecular weight excluding hydrogens is 218 g/mol. The van der Waals surface area contributed by atoms with Crippen LogP contribution in [-0.4, -0.2) is 30.9 Å². The average molecular weight is 237 g/mol. The summed E-state index contributed by atoms with van der Waals surface area (Å²) < 4.78 is 17.8. The molecule has 0 aromatic carbocycles. The van der Waals surface area contributed by atoms with E-state index in [1.807, 2.05) is 6.07 Å². The largest absolute Gasteiger partial charge is 0.490 e. The number of ether oxygens (including phenoxy) is 1. The van der Waals surface area contributed by atoms with Gasteiger partial charge in [0.1, 0.15) is 12.4 Å². The highest BCUT2D eigenvalue weighted by atomic mass is 18.2. The van der Waals surface area contributed by atoms with Crippen LogP contribution in [0, 0.1) is 0 Å². The summed E-state index contributed by atoms with van der Waals surface area (Å²) in [6, 6.07) is 2.42. The summed E-state index contributed by atoms with van der Waals surface area (Å²) in [4.78, 5) is 4.11. The number of nitrogens with zero attached hydrogens (tertiary/aromatic N) is 1. The Kier molecular flexibility index (Phi) is 4.74. The van der Waals surface area contributed by atoms with Crippen molar-refractivity contribution in [2.45, 2.75) is 31.7 Å². The second-order valence-corrected chi connectivity index (χ2v) is 4.43. The number of hydrogen-bond acceptors (Lipinski definition) is 3. The molecule has 0 unspecified atom stereocenters. The first-order valence-corrected chi connectivity index (χ1v) is 6.24. The highest BCUT2D eigenvalue weighted by Gasteiger charge is 2.14. The van der Waals surface area contributed by atoms with Gasteiger partial charge in [-0.25, -0.2) is 0 Å². The zero-order valence-corrected chi connectivity index (χ0v) is 9.99. The van der Waals surface area contributed by atoms with E-state index in [-0.39, 0.29) is 6.67 Å². The lowest BCUT2D eigenvalue weighted by molar-refractivity contribution is 0.276. The third kappa shape index (κ3) is 3.97. The quantitative estimate of drug-likeness (QED) is 0.823. The lowest BCUT2D eigenvalue weighted by Gasteiger charge is -2.12. The van der Waals surface area contributed by atoms with Crippen LogP contribution in [0.4, 0.5) is 4.39 Å². The molecule has 0 saturated carbocycles. The lowest BCUT2D eigenvalue weighted by Crippen LogP contribution is -2.28. The van der Waals surface area contributed by atoms with Crippen LogP contribution < -0.4 is 10.1 Å². The van der Waals surface area contributed by atoms with Crippen LogP contribution in [0.5, 0.6) is 5.75 Å². The molecule has 1 saturated heterocycles. The van der Waals surface area contributed by atoms with E-state index in [4.69, 9.17) is 4.74 Å². The fraction of sp³-hybridized carbons (Fsp3) is 0.615. The van der Waals surface area contributed by atoms with E-state index >= 15 is 0 Å². The first-order valence-electron chi connectivity index (χ1n) is 6.24. The van der Waals surface area contributed by atoms with Crippen molar-refractivity contribution in [1.82, 2.24) is 10.3 Å². The van der Waals surface area contributed by atoms with Gasteiger partial charge in [0.15, 0.2) is 0 Å². The van der Waals surface area contributed by atoms with Gasteiger partial charge >= 0.3 is 0 Å². The molecule has 1 N–H and O–H groups in total. The molecule has 0 amide bonds. The van der Waals surface area contributed by atoms with Gasteiger partial charge in [-0.2, -0.15) is 0 Å². The van der Waals surface area contributed by atoms with Crippen LogP contribution in [0.25, 0.3) is 0 Å². The van der Waals surface area contributed by atoms with Gasteiger partial charge in [0.2, 0.25) is 0 Å². The number of rotatable bonds is 6.